The summed E-state index contributed by atoms with van der Waals surface area (Å²) < 4.78 is 13.7. The first-order chi connectivity index (χ1) is 10.4. The number of carbonyl (C=O) groups excluding carboxylic acids is 1. The van der Waals surface area contributed by atoms with Crippen molar-refractivity contribution in [2.24, 2.45) is 0 Å². The van der Waals surface area contributed by atoms with Gasteiger partial charge in [-0.25, -0.2) is 4.39 Å². The first kappa shape index (κ1) is 18.9. The molecule has 0 bridgehead atoms. The van der Waals surface area contributed by atoms with Crippen LogP contribution in [0, 0.1) is 5.82 Å². The second-order valence-electron chi connectivity index (χ2n) is 4.98. The molecule has 0 aliphatic carbocycles. The molecule has 0 unspecified atom stereocenters. The molecule has 1 rings (SSSR count). The van der Waals surface area contributed by atoms with Crippen molar-refractivity contribution in [1.29, 1.82) is 0 Å². The molecular weight excluding hydrogens is 319 g/mol. The highest BCUT2D eigenvalue weighted by Gasteiger charge is 2.20. The Labute approximate surface area is 141 Å². The second kappa shape index (κ2) is 9.10. The van der Waals surface area contributed by atoms with Gasteiger partial charge in [-0.3, -0.25) is 4.79 Å². The van der Waals surface area contributed by atoms with E-state index in [9.17, 15) is 9.18 Å². The van der Waals surface area contributed by atoms with Crippen LogP contribution in [0.15, 0.2) is 24.3 Å². The molecule has 0 fully saturated rings. The topological polar surface area (TPSA) is 32.3 Å². The lowest BCUT2D eigenvalue weighted by atomic mass is 10.1. The first-order valence-electron chi connectivity index (χ1n) is 7.40. The zero-order valence-electron chi connectivity index (χ0n) is 13.4. The first-order valence-corrected chi connectivity index (χ1v) is 8.69. The summed E-state index contributed by atoms with van der Waals surface area (Å²) in [4.78, 5) is 14.3. The summed E-state index contributed by atoms with van der Waals surface area (Å²) in [5.74, 6) is -0.355. The molecule has 0 spiro atoms. The van der Waals surface area contributed by atoms with Gasteiger partial charge in [0.05, 0.1) is 11.3 Å². The Morgan fingerprint density at radius 3 is 2.32 bits per heavy atom. The fraction of sp³-hybridized carbons (Fsp3) is 0.500. The molecule has 0 heterocycles. The summed E-state index contributed by atoms with van der Waals surface area (Å²) in [6.45, 7) is 9.47. The number of thioether (sulfide) groups is 1. The van der Waals surface area contributed by atoms with Crippen LogP contribution in [0.1, 0.15) is 39.3 Å². The molecule has 0 saturated heterocycles. The number of nitrogens with zero attached hydrogens (tertiary/aromatic N) is 1. The van der Waals surface area contributed by atoms with E-state index in [4.69, 9.17) is 12.2 Å². The molecule has 1 N–H and O–H groups in total. The van der Waals surface area contributed by atoms with Crippen molar-refractivity contribution in [1.82, 2.24) is 10.2 Å². The average molecular weight is 343 g/mol. The third kappa shape index (κ3) is 5.57. The molecule has 1 aromatic rings. The van der Waals surface area contributed by atoms with Gasteiger partial charge in [-0.05, 0) is 45.4 Å². The molecule has 122 valence electrons. The minimum atomic E-state index is -0.282. The van der Waals surface area contributed by atoms with Crippen molar-refractivity contribution in [3.05, 3.63) is 35.6 Å². The van der Waals surface area contributed by atoms with Crippen molar-refractivity contribution >= 4 is 34.2 Å². The molecular formula is C16H23FN2OS2. The predicted octanol–water partition coefficient (Wildman–Crippen LogP) is 3.75. The van der Waals surface area contributed by atoms with E-state index in [1.54, 1.807) is 12.1 Å². The Kier molecular flexibility index (Phi) is 7.82. The summed E-state index contributed by atoms with van der Waals surface area (Å²) in [6.07, 6.45) is 0. The maximum Gasteiger partial charge on any atom is 0.233 e. The van der Waals surface area contributed by atoms with Gasteiger partial charge in [-0.2, -0.15) is 0 Å². The molecule has 6 heteroatoms. The SMILES string of the molecule is CCN(CC)C(=S)S[C@@H](C)C(=O)N[C@H](C)c1ccc(F)cc1. The van der Waals surface area contributed by atoms with E-state index < -0.39 is 0 Å². The number of benzene rings is 1. The summed E-state index contributed by atoms with van der Waals surface area (Å²) in [5.41, 5.74) is 0.873. The molecule has 0 radical (unpaired) electrons. The van der Waals surface area contributed by atoms with Crippen LogP contribution < -0.4 is 5.32 Å². The number of halogens is 1. The minimum absolute atomic E-state index is 0.0728. The normalized spacial score (nSPS) is 13.3. The zero-order chi connectivity index (χ0) is 16.7. The maximum absolute atomic E-state index is 12.9. The Balaban J connectivity index is 2.56. The lowest BCUT2D eigenvalue weighted by Gasteiger charge is -2.23. The average Bonchev–Trinajstić information content (AvgIpc) is 2.48. The van der Waals surface area contributed by atoms with Crippen LogP contribution >= 0.6 is 24.0 Å². The summed E-state index contributed by atoms with van der Waals surface area (Å²) in [6, 6.07) is 5.98. The second-order valence-corrected chi connectivity index (χ2v) is 6.95. The van der Waals surface area contributed by atoms with Gasteiger partial charge >= 0.3 is 0 Å². The van der Waals surface area contributed by atoms with E-state index in [-0.39, 0.29) is 23.0 Å². The Bertz CT molecular complexity index is 503. The molecule has 0 aromatic heterocycles. The predicted molar refractivity (Wildman–Crippen MR) is 95.5 cm³/mol. The van der Waals surface area contributed by atoms with Crippen LogP contribution in [0.25, 0.3) is 0 Å². The summed E-state index contributed by atoms with van der Waals surface area (Å²) in [5, 5.41) is 2.67. The Hall–Kier alpha value is -1.14. The third-order valence-corrected chi connectivity index (χ3v) is 4.97. The van der Waals surface area contributed by atoms with Gasteiger partial charge in [0.15, 0.2) is 0 Å². The van der Waals surface area contributed by atoms with Crippen LogP contribution in [-0.4, -0.2) is 33.5 Å². The maximum atomic E-state index is 12.9. The monoisotopic (exact) mass is 342 g/mol. The quantitative estimate of drug-likeness (QED) is 0.798. The lowest BCUT2D eigenvalue weighted by molar-refractivity contribution is -0.120. The van der Waals surface area contributed by atoms with E-state index >= 15 is 0 Å². The van der Waals surface area contributed by atoms with E-state index in [0.29, 0.717) is 0 Å². The number of hydrogen-bond acceptors (Lipinski definition) is 3. The van der Waals surface area contributed by atoms with Crippen LogP contribution in [-0.2, 0) is 4.79 Å². The molecule has 3 nitrogen and oxygen atoms in total. The molecule has 1 aromatic carbocycles. The number of carbonyl (C=O) groups is 1. The van der Waals surface area contributed by atoms with Crippen molar-refractivity contribution in [2.45, 2.75) is 39.0 Å². The van der Waals surface area contributed by atoms with Crippen molar-refractivity contribution in [3.63, 3.8) is 0 Å². The minimum Gasteiger partial charge on any atom is -0.358 e. The van der Waals surface area contributed by atoms with E-state index in [2.05, 4.69) is 5.32 Å². The largest absolute Gasteiger partial charge is 0.358 e. The van der Waals surface area contributed by atoms with Gasteiger partial charge < -0.3 is 10.2 Å². The molecule has 22 heavy (non-hydrogen) atoms. The summed E-state index contributed by atoms with van der Waals surface area (Å²) >= 11 is 6.75. The van der Waals surface area contributed by atoms with Crippen molar-refractivity contribution in [3.8, 4) is 0 Å². The van der Waals surface area contributed by atoms with E-state index in [1.165, 1.54) is 23.9 Å². The zero-order valence-corrected chi connectivity index (χ0v) is 15.1. The number of nitrogens with one attached hydrogen (secondary N) is 1. The Morgan fingerprint density at radius 2 is 1.82 bits per heavy atom. The highest BCUT2D eigenvalue weighted by atomic mass is 32.2. The van der Waals surface area contributed by atoms with Gasteiger partial charge in [-0.1, -0.05) is 36.1 Å². The molecule has 0 aliphatic heterocycles. The van der Waals surface area contributed by atoms with Gasteiger partial charge in [0.2, 0.25) is 5.91 Å². The highest BCUT2D eigenvalue weighted by Crippen LogP contribution is 2.18. The van der Waals surface area contributed by atoms with Crippen LogP contribution in [0.5, 0.6) is 0 Å². The van der Waals surface area contributed by atoms with Gasteiger partial charge in [0.1, 0.15) is 10.1 Å². The fourth-order valence-corrected chi connectivity index (χ4v) is 3.50. The van der Waals surface area contributed by atoms with Gasteiger partial charge in [0, 0.05) is 13.1 Å². The smallest absolute Gasteiger partial charge is 0.233 e. The van der Waals surface area contributed by atoms with Gasteiger partial charge in [-0.15, -0.1) is 0 Å². The lowest BCUT2D eigenvalue weighted by Crippen LogP contribution is -2.35. The van der Waals surface area contributed by atoms with Crippen LogP contribution in [0.3, 0.4) is 0 Å². The number of thiocarbonyl (C=S) groups is 1. The molecule has 0 saturated carbocycles. The summed E-state index contributed by atoms with van der Waals surface area (Å²) in [7, 11) is 0. The van der Waals surface area contributed by atoms with E-state index in [1.807, 2.05) is 32.6 Å². The Morgan fingerprint density at radius 1 is 1.27 bits per heavy atom. The number of rotatable bonds is 6. The molecule has 1 amide bonds. The van der Waals surface area contributed by atoms with Crippen molar-refractivity contribution in [2.75, 3.05) is 13.1 Å². The fourth-order valence-electron chi connectivity index (χ4n) is 1.93. The van der Waals surface area contributed by atoms with Crippen LogP contribution in [0.4, 0.5) is 4.39 Å². The standard InChI is InChI=1S/C16H23FN2OS2/c1-5-19(6-2)16(21)22-12(4)15(20)18-11(3)13-7-9-14(17)10-8-13/h7-12H,5-6H2,1-4H3,(H,18,20)/t11-,12+/m1/s1. The highest BCUT2D eigenvalue weighted by molar-refractivity contribution is 8.23. The van der Waals surface area contributed by atoms with Crippen LogP contribution in [0.2, 0.25) is 0 Å². The number of amides is 1. The number of hydrogen-bond donors (Lipinski definition) is 1. The van der Waals surface area contributed by atoms with Crippen molar-refractivity contribution < 1.29 is 9.18 Å². The van der Waals surface area contributed by atoms with E-state index in [0.717, 1.165) is 23.0 Å². The molecule has 2 atom stereocenters. The van der Waals surface area contributed by atoms with Gasteiger partial charge in [0.25, 0.3) is 0 Å². The third-order valence-electron chi connectivity index (χ3n) is 3.40. The molecule has 0 aliphatic rings.